The van der Waals surface area contributed by atoms with Crippen molar-refractivity contribution in [3.05, 3.63) is 35.4 Å². The van der Waals surface area contributed by atoms with Gasteiger partial charge in [-0.2, -0.15) is 0 Å². The van der Waals surface area contributed by atoms with Gasteiger partial charge >= 0.3 is 0 Å². The predicted molar refractivity (Wildman–Crippen MR) is 70.7 cm³/mol. The molecule has 0 amide bonds. The Bertz CT molecular complexity index is 352. The molecular weight excluding hydrogens is 192 g/mol. The van der Waals surface area contributed by atoms with E-state index >= 15 is 0 Å². The molecule has 0 spiro atoms. The third-order valence-electron chi connectivity index (χ3n) is 4.62. The summed E-state index contributed by atoms with van der Waals surface area (Å²) in [7, 11) is 0. The van der Waals surface area contributed by atoms with E-state index in [-0.39, 0.29) is 0 Å². The van der Waals surface area contributed by atoms with Crippen LogP contribution in [-0.2, 0) is 11.8 Å². The van der Waals surface area contributed by atoms with Gasteiger partial charge in [0.1, 0.15) is 0 Å². The number of aryl methyl sites for hydroxylation is 1. The molecule has 16 heavy (non-hydrogen) atoms. The maximum atomic E-state index is 2.39. The van der Waals surface area contributed by atoms with Crippen LogP contribution >= 0.6 is 0 Å². The Morgan fingerprint density at radius 3 is 2.25 bits per heavy atom. The Morgan fingerprint density at radius 2 is 1.62 bits per heavy atom. The number of hydrogen-bond acceptors (Lipinski definition) is 0. The van der Waals surface area contributed by atoms with Crippen LogP contribution in [0.15, 0.2) is 24.3 Å². The lowest BCUT2D eigenvalue weighted by molar-refractivity contribution is 0.186. The molecule has 0 unspecified atom stereocenters. The molecular formula is C16H24. The fraction of sp³-hybridized carbons (Fsp3) is 0.625. The summed E-state index contributed by atoms with van der Waals surface area (Å²) in [5.41, 5.74) is 3.64. The Kier molecular flexibility index (Phi) is 3.10. The quantitative estimate of drug-likeness (QED) is 0.679. The summed E-state index contributed by atoms with van der Waals surface area (Å²) in [6.45, 7) is 9.56. The van der Waals surface area contributed by atoms with Gasteiger partial charge in [0, 0.05) is 5.41 Å². The zero-order valence-electron chi connectivity index (χ0n) is 11.1. The average molecular weight is 216 g/mol. The summed E-state index contributed by atoms with van der Waals surface area (Å²) in [6.07, 6.45) is 3.99. The van der Waals surface area contributed by atoms with E-state index in [0.29, 0.717) is 5.41 Å². The SMILES string of the molecule is CC(C)C1(C(C)C)CCCc2ccccc21. The van der Waals surface area contributed by atoms with Crippen LogP contribution in [-0.4, -0.2) is 0 Å². The predicted octanol–water partition coefficient (Wildman–Crippen LogP) is 4.57. The maximum absolute atomic E-state index is 2.39. The van der Waals surface area contributed by atoms with Gasteiger partial charge in [0.05, 0.1) is 0 Å². The third-order valence-corrected chi connectivity index (χ3v) is 4.62. The molecule has 0 saturated heterocycles. The second kappa shape index (κ2) is 4.24. The molecule has 1 aromatic carbocycles. The van der Waals surface area contributed by atoms with Gasteiger partial charge in [0.25, 0.3) is 0 Å². The lowest BCUT2D eigenvalue weighted by atomic mass is 9.58. The van der Waals surface area contributed by atoms with E-state index in [0.717, 1.165) is 11.8 Å². The van der Waals surface area contributed by atoms with Crippen LogP contribution in [0.2, 0.25) is 0 Å². The molecule has 0 radical (unpaired) electrons. The van der Waals surface area contributed by atoms with Crippen LogP contribution in [0.1, 0.15) is 51.7 Å². The van der Waals surface area contributed by atoms with Crippen LogP contribution in [0.25, 0.3) is 0 Å². The Labute approximate surface area is 100 Å². The minimum Gasteiger partial charge on any atom is -0.0620 e. The fourth-order valence-electron chi connectivity index (χ4n) is 3.76. The zero-order chi connectivity index (χ0) is 11.8. The van der Waals surface area contributed by atoms with Gasteiger partial charge in [-0.1, -0.05) is 52.0 Å². The summed E-state index contributed by atoms with van der Waals surface area (Å²) < 4.78 is 0. The van der Waals surface area contributed by atoms with Crippen molar-refractivity contribution in [2.45, 2.75) is 52.4 Å². The third kappa shape index (κ3) is 1.59. The van der Waals surface area contributed by atoms with E-state index < -0.39 is 0 Å². The maximum Gasteiger partial charge on any atom is 0.000179 e. The lowest BCUT2D eigenvalue weighted by Gasteiger charge is -2.46. The highest BCUT2D eigenvalue weighted by Crippen LogP contribution is 2.47. The lowest BCUT2D eigenvalue weighted by Crippen LogP contribution is -2.41. The number of hydrogen-bond donors (Lipinski definition) is 0. The largest absolute Gasteiger partial charge is 0.0620 e. The van der Waals surface area contributed by atoms with Crippen molar-refractivity contribution in [1.82, 2.24) is 0 Å². The van der Waals surface area contributed by atoms with Crippen molar-refractivity contribution >= 4 is 0 Å². The molecule has 0 aliphatic heterocycles. The van der Waals surface area contributed by atoms with Crippen molar-refractivity contribution in [1.29, 1.82) is 0 Å². The van der Waals surface area contributed by atoms with Crippen LogP contribution in [0.3, 0.4) is 0 Å². The normalized spacial score (nSPS) is 18.9. The van der Waals surface area contributed by atoms with Gasteiger partial charge < -0.3 is 0 Å². The second-order valence-corrected chi connectivity index (χ2v) is 5.86. The van der Waals surface area contributed by atoms with Crippen molar-refractivity contribution < 1.29 is 0 Å². The zero-order valence-corrected chi connectivity index (χ0v) is 11.1. The van der Waals surface area contributed by atoms with Gasteiger partial charge in [-0.05, 0) is 42.2 Å². The first-order valence-electron chi connectivity index (χ1n) is 6.67. The van der Waals surface area contributed by atoms with E-state index in [1.165, 1.54) is 19.3 Å². The molecule has 88 valence electrons. The van der Waals surface area contributed by atoms with E-state index in [9.17, 15) is 0 Å². The van der Waals surface area contributed by atoms with E-state index in [1.807, 2.05) is 0 Å². The smallest absolute Gasteiger partial charge is 0.000179 e. The van der Waals surface area contributed by atoms with Gasteiger partial charge in [-0.25, -0.2) is 0 Å². The van der Waals surface area contributed by atoms with Gasteiger partial charge in [-0.3, -0.25) is 0 Å². The van der Waals surface area contributed by atoms with Crippen LogP contribution < -0.4 is 0 Å². The van der Waals surface area contributed by atoms with E-state index in [2.05, 4.69) is 52.0 Å². The summed E-state index contributed by atoms with van der Waals surface area (Å²) in [5, 5.41) is 0. The average Bonchev–Trinajstić information content (AvgIpc) is 2.27. The van der Waals surface area contributed by atoms with Crippen molar-refractivity contribution in [3.8, 4) is 0 Å². The summed E-state index contributed by atoms with van der Waals surface area (Å²) in [5.74, 6) is 1.46. The molecule has 0 nitrogen and oxygen atoms in total. The van der Waals surface area contributed by atoms with Crippen molar-refractivity contribution in [2.24, 2.45) is 11.8 Å². The molecule has 0 heterocycles. The monoisotopic (exact) mass is 216 g/mol. The minimum absolute atomic E-state index is 0.412. The molecule has 0 N–H and O–H groups in total. The Morgan fingerprint density at radius 1 is 1.00 bits per heavy atom. The second-order valence-electron chi connectivity index (χ2n) is 5.86. The first-order chi connectivity index (χ1) is 7.59. The standard InChI is InChI=1S/C16H24/c1-12(2)16(13(3)4)11-7-9-14-8-5-6-10-15(14)16/h5-6,8,10,12-13H,7,9,11H2,1-4H3. The van der Waals surface area contributed by atoms with E-state index in [4.69, 9.17) is 0 Å². The van der Waals surface area contributed by atoms with Crippen molar-refractivity contribution in [3.63, 3.8) is 0 Å². The molecule has 0 aromatic heterocycles. The Balaban J connectivity index is 2.57. The summed E-state index contributed by atoms with van der Waals surface area (Å²) in [4.78, 5) is 0. The van der Waals surface area contributed by atoms with Gasteiger partial charge in [-0.15, -0.1) is 0 Å². The first kappa shape index (κ1) is 11.7. The number of benzene rings is 1. The summed E-state index contributed by atoms with van der Waals surface area (Å²) >= 11 is 0. The topological polar surface area (TPSA) is 0 Å². The molecule has 0 heteroatoms. The van der Waals surface area contributed by atoms with Crippen LogP contribution in [0.5, 0.6) is 0 Å². The fourth-order valence-corrected chi connectivity index (χ4v) is 3.76. The Hall–Kier alpha value is -0.780. The molecule has 0 fully saturated rings. The highest BCUT2D eigenvalue weighted by atomic mass is 14.4. The molecule has 2 rings (SSSR count). The molecule has 1 aromatic rings. The van der Waals surface area contributed by atoms with Gasteiger partial charge in [0.15, 0.2) is 0 Å². The van der Waals surface area contributed by atoms with Crippen LogP contribution in [0, 0.1) is 11.8 Å². The highest BCUT2D eigenvalue weighted by molar-refractivity contribution is 5.37. The molecule has 1 aliphatic rings. The first-order valence-corrected chi connectivity index (χ1v) is 6.67. The number of fused-ring (bicyclic) bond motifs is 1. The molecule has 0 atom stereocenters. The summed E-state index contributed by atoms with van der Waals surface area (Å²) in [6, 6.07) is 9.10. The highest BCUT2D eigenvalue weighted by Gasteiger charge is 2.41. The van der Waals surface area contributed by atoms with Crippen LogP contribution in [0.4, 0.5) is 0 Å². The van der Waals surface area contributed by atoms with Crippen molar-refractivity contribution in [2.75, 3.05) is 0 Å². The minimum atomic E-state index is 0.412. The van der Waals surface area contributed by atoms with E-state index in [1.54, 1.807) is 11.1 Å². The molecule has 0 saturated carbocycles. The number of rotatable bonds is 2. The van der Waals surface area contributed by atoms with Gasteiger partial charge in [0.2, 0.25) is 0 Å². The molecule has 1 aliphatic carbocycles. The molecule has 0 bridgehead atoms.